The molecule has 0 aromatic heterocycles. The average Bonchev–Trinajstić information content (AvgIpc) is 3.24. The molecule has 3 atom stereocenters. The lowest BCUT2D eigenvalue weighted by Crippen LogP contribution is -2.43. The maximum atomic E-state index is 12.4. The highest BCUT2D eigenvalue weighted by atomic mass is 31.2. The number of allylic oxidation sites excluding steroid dienone is 2. The number of aliphatic carboxylic acids is 1. The molecule has 0 aromatic carbocycles. The van der Waals surface area contributed by atoms with Gasteiger partial charge in [-0.2, -0.15) is 0 Å². The maximum absolute atomic E-state index is 12.4. The Balaban J connectivity index is 3.81. The molecule has 0 radical (unpaired) electrons. The summed E-state index contributed by atoms with van der Waals surface area (Å²) in [7, 11) is -4.76. The normalized spacial score (nSPS) is 13.6. The Kier molecular flexibility index (Phi) is 43.5. The van der Waals surface area contributed by atoms with E-state index in [0.29, 0.717) is 12.8 Å². The summed E-state index contributed by atoms with van der Waals surface area (Å²) in [5.74, 6) is -2.36. The Morgan fingerprint density at radius 1 is 0.508 bits per heavy atom. The molecule has 4 N–H and O–H groups in total. The Hall–Kier alpha value is -1.78. The van der Waals surface area contributed by atoms with Crippen molar-refractivity contribution in [1.82, 2.24) is 5.32 Å². The number of phosphoric ester groups is 1. The molecule has 0 heterocycles. The monoisotopic (exact) mass is 888 g/mol. The number of aliphatic hydroxyl groups is 1. The smallest absolute Gasteiger partial charge is 0.472 e. The number of ether oxygens (including phenoxy) is 1. The minimum atomic E-state index is -4.76. The van der Waals surface area contributed by atoms with Gasteiger partial charge in [0, 0.05) is 12.8 Å². The number of rotatable bonds is 48. The van der Waals surface area contributed by atoms with Crippen molar-refractivity contribution < 1.29 is 47.8 Å². The van der Waals surface area contributed by atoms with Crippen molar-refractivity contribution in [3.63, 3.8) is 0 Å². The van der Waals surface area contributed by atoms with Gasteiger partial charge in [0.1, 0.15) is 12.7 Å². The minimum Gasteiger partial charge on any atom is -0.480 e. The summed E-state index contributed by atoms with van der Waals surface area (Å²) in [5, 5.41) is 21.9. The van der Waals surface area contributed by atoms with E-state index in [9.17, 15) is 34.1 Å². The minimum absolute atomic E-state index is 0.147. The second-order valence-corrected chi connectivity index (χ2v) is 18.8. The summed E-state index contributed by atoms with van der Waals surface area (Å²) in [6.45, 7) is 2.64. The molecular formula is C49H94NO10P. The summed E-state index contributed by atoms with van der Waals surface area (Å²) >= 11 is 0. The molecule has 61 heavy (non-hydrogen) atoms. The third-order valence-corrected chi connectivity index (χ3v) is 12.3. The van der Waals surface area contributed by atoms with Crippen molar-refractivity contribution >= 4 is 25.7 Å². The molecule has 0 aliphatic carbocycles. The third kappa shape index (κ3) is 44.6. The highest BCUT2D eigenvalue weighted by Gasteiger charge is 2.28. The Morgan fingerprint density at radius 3 is 1.25 bits per heavy atom. The van der Waals surface area contributed by atoms with Gasteiger partial charge in [0.05, 0.1) is 13.2 Å². The number of carbonyl (C=O) groups is 3. The SMILES string of the molecule is CCCCCCCC/C=C/CCCCCCCCCCCC(=O)NC(COP(=O)(O)OCC(O)COC(=O)CCCCCCCCCCCCCCCCCCCC)C(=O)O. The lowest BCUT2D eigenvalue weighted by atomic mass is 10.0. The van der Waals surface area contributed by atoms with Crippen LogP contribution in [0.4, 0.5) is 0 Å². The number of hydrogen-bond acceptors (Lipinski definition) is 8. The molecule has 0 saturated heterocycles. The van der Waals surface area contributed by atoms with Crippen LogP contribution in [0.15, 0.2) is 12.2 Å². The second-order valence-electron chi connectivity index (χ2n) is 17.4. The van der Waals surface area contributed by atoms with Crippen LogP contribution in [-0.2, 0) is 32.7 Å². The zero-order valence-electron chi connectivity index (χ0n) is 39.2. The van der Waals surface area contributed by atoms with E-state index in [-0.39, 0.29) is 12.8 Å². The molecule has 11 nitrogen and oxygen atoms in total. The van der Waals surface area contributed by atoms with Crippen LogP contribution in [0.3, 0.4) is 0 Å². The lowest BCUT2D eigenvalue weighted by molar-refractivity contribution is -0.147. The Morgan fingerprint density at radius 2 is 0.852 bits per heavy atom. The van der Waals surface area contributed by atoms with Gasteiger partial charge < -0.3 is 25.2 Å². The van der Waals surface area contributed by atoms with Gasteiger partial charge in [0.15, 0.2) is 6.04 Å². The van der Waals surface area contributed by atoms with E-state index in [2.05, 4.69) is 31.3 Å². The molecular weight excluding hydrogens is 794 g/mol. The van der Waals surface area contributed by atoms with Crippen LogP contribution in [0.2, 0.25) is 0 Å². The number of phosphoric acid groups is 1. The van der Waals surface area contributed by atoms with E-state index in [1.807, 2.05) is 0 Å². The Labute approximate surface area is 373 Å². The van der Waals surface area contributed by atoms with Crippen molar-refractivity contribution in [2.24, 2.45) is 0 Å². The highest BCUT2D eigenvalue weighted by molar-refractivity contribution is 7.47. The number of carboxylic acid groups (broad SMARTS) is 1. The van der Waals surface area contributed by atoms with Crippen LogP contribution >= 0.6 is 7.82 Å². The predicted octanol–water partition coefficient (Wildman–Crippen LogP) is 13.6. The number of hydrogen-bond donors (Lipinski definition) is 4. The average molecular weight is 888 g/mol. The second kappa shape index (κ2) is 44.8. The molecule has 12 heteroatoms. The largest absolute Gasteiger partial charge is 0.480 e. The fourth-order valence-corrected chi connectivity index (χ4v) is 8.14. The fourth-order valence-electron chi connectivity index (χ4n) is 7.37. The molecule has 0 aromatic rings. The highest BCUT2D eigenvalue weighted by Crippen LogP contribution is 2.43. The van der Waals surface area contributed by atoms with Gasteiger partial charge in [-0.3, -0.25) is 18.6 Å². The number of carbonyl (C=O) groups excluding carboxylic acids is 2. The molecule has 3 unspecified atom stereocenters. The van der Waals surface area contributed by atoms with Crippen molar-refractivity contribution in [2.45, 2.75) is 264 Å². The molecule has 0 fully saturated rings. The molecule has 0 rings (SSSR count). The van der Waals surface area contributed by atoms with Gasteiger partial charge in [-0.25, -0.2) is 9.36 Å². The first-order valence-electron chi connectivity index (χ1n) is 25.2. The van der Waals surface area contributed by atoms with Crippen molar-refractivity contribution in [3.05, 3.63) is 12.2 Å². The van der Waals surface area contributed by atoms with Crippen molar-refractivity contribution in [1.29, 1.82) is 0 Å². The van der Waals surface area contributed by atoms with Crippen LogP contribution < -0.4 is 5.32 Å². The summed E-state index contributed by atoms with van der Waals surface area (Å²) in [6, 6.07) is -1.54. The number of aliphatic hydroxyl groups excluding tert-OH is 1. The number of carboxylic acids is 1. The maximum Gasteiger partial charge on any atom is 0.472 e. The molecule has 0 bridgehead atoms. The number of amides is 1. The Bertz CT molecular complexity index is 1090. The molecule has 360 valence electrons. The van der Waals surface area contributed by atoms with E-state index in [1.165, 1.54) is 173 Å². The van der Waals surface area contributed by atoms with Gasteiger partial charge in [-0.05, 0) is 38.5 Å². The van der Waals surface area contributed by atoms with Gasteiger partial charge in [-0.1, -0.05) is 212 Å². The van der Waals surface area contributed by atoms with E-state index in [1.54, 1.807) is 0 Å². The number of nitrogens with one attached hydrogen (secondary N) is 1. The van der Waals surface area contributed by atoms with Gasteiger partial charge in [0.25, 0.3) is 0 Å². The number of unbranched alkanes of at least 4 members (excludes halogenated alkanes) is 32. The first kappa shape index (κ1) is 59.2. The standard InChI is InChI=1S/C49H94NO10P/c1-3-5-7-9-11-13-15-17-19-21-23-24-26-28-30-32-34-36-38-40-47(52)50-46(49(54)55)44-60-61(56,57)59-43-45(51)42-58-48(53)41-39-37-35-33-31-29-27-25-22-20-18-16-14-12-10-8-6-4-2/h17,19,45-46,51H,3-16,18,20-44H2,1-2H3,(H,50,52)(H,54,55)(H,56,57)/b19-17+. The molecule has 0 saturated carbocycles. The first-order chi connectivity index (χ1) is 29.6. The molecule has 0 aliphatic rings. The van der Waals surface area contributed by atoms with Crippen LogP contribution in [0, 0.1) is 0 Å². The lowest BCUT2D eigenvalue weighted by Gasteiger charge is -2.18. The van der Waals surface area contributed by atoms with E-state index < -0.39 is 57.6 Å². The zero-order valence-corrected chi connectivity index (χ0v) is 40.1. The van der Waals surface area contributed by atoms with Crippen molar-refractivity contribution in [2.75, 3.05) is 19.8 Å². The van der Waals surface area contributed by atoms with Crippen LogP contribution in [0.5, 0.6) is 0 Å². The molecule has 0 aliphatic heterocycles. The van der Waals surface area contributed by atoms with Crippen LogP contribution in [0.1, 0.15) is 251 Å². The third-order valence-electron chi connectivity index (χ3n) is 11.3. The van der Waals surface area contributed by atoms with Gasteiger partial charge >= 0.3 is 19.8 Å². The number of esters is 1. The van der Waals surface area contributed by atoms with E-state index in [4.69, 9.17) is 13.8 Å². The molecule has 0 spiro atoms. The molecule has 1 amide bonds. The fraction of sp³-hybridized carbons (Fsp3) is 0.898. The summed E-state index contributed by atoms with van der Waals surface area (Å²) in [5.41, 5.74) is 0. The van der Waals surface area contributed by atoms with Gasteiger partial charge in [0.2, 0.25) is 5.91 Å². The van der Waals surface area contributed by atoms with Gasteiger partial charge in [-0.15, -0.1) is 0 Å². The van der Waals surface area contributed by atoms with Crippen LogP contribution in [0.25, 0.3) is 0 Å². The van der Waals surface area contributed by atoms with E-state index >= 15 is 0 Å². The van der Waals surface area contributed by atoms with Crippen LogP contribution in [-0.4, -0.2) is 64.9 Å². The first-order valence-corrected chi connectivity index (χ1v) is 26.7. The van der Waals surface area contributed by atoms with Crippen molar-refractivity contribution in [3.8, 4) is 0 Å². The quantitative estimate of drug-likeness (QED) is 0.0200. The predicted molar refractivity (Wildman–Crippen MR) is 250 cm³/mol. The van der Waals surface area contributed by atoms with E-state index in [0.717, 1.165) is 38.5 Å². The summed E-state index contributed by atoms with van der Waals surface area (Å²) < 4.78 is 26.9. The summed E-state index contributed by atoms with van der Waals surface area (Å²) in [4.78, 5) is 46.1. The topological polar surface area (TPSA) is 169 Å². The zero-order chi connectivity index (χ0) is 44.9. The summed E-state index contributed by atoms with van der Waals surface area (Å²) in [6.07, 6.45) is 46.6.